The zero-order valence-corrected chi connectivity index (χ0v) is 38.0. The minimum atomic E-state index is -4.83. The summed E-state index contributed by atoms with van der Waals surface area (Å²) in [6.45, 7) is 0.258. The number of carbonyl (C=O) groups is 3. The van der Waals surface area contributed by atoms with E-state index in [0.29, 0.717) is 12.8 Å². The molecule has 0 bridgehead atoms. The summed E-state index contributed by atoms with van der Waals surface area (Å²) in [4.78, 5) is 43.5. The third-order valence-corrected chi connectivity index (χ3v) is 13.2. The second-order valence-electron chi connectivity index (χ2n) is 13.1. The monoisotopic (exact) mass is 1020 g/mol. The third-order valence-electron chi connectivity index (χ3n) is 8.71. The van der Waals surface area contributed by atoms with Crippen LogP contribution in [0.4, 0.5) is 5.69 Å². The summed E-state index contributed by atoms with van der Waals surface area (Å²) in [6, 6.07) is 1.95. The van der Waals surface area contributed by atoms with Gasteiger partial charge in [0.25, 0.3) is 0 Å². The number of carbonyl (C=O) groups excluding carboxylic acids is 2. The van der Waals surface area contributed by atoms with E-state index in [4.69, 9.17) is 55.6 Å². The first-order chi connectivity index (χ1) is 30.4. The number of hydrogen-bond donors (Lipinski definition) is 7. The molecule has 3 unspecified atom stereocenters. The number of fused-ring (bicyclic) bond motifs is 4. The predicted molar refractivity (Wildman–Crippen MR) is 227 cm³/mol. The lowest BCUT2D eigenvalue weighted by Crippen LogP contribution is -2.46. The van der Waals surface area contributed by atoms with Gasteiger partial charge >= 0.3 is 16.4 Å². The van der Waals surface area contributed by atoms with E-state index in [1.165, 1.54) is 18.2 Å². The molecular formula is C34H40Cl2N6O18S4. The SMILES string of the molecule is CCCC(=O)NCCN=c1ccc2nc3c(Cl)c4c(c(Cl)c3oc-2c1S(=O)(=O)CCOSOOO)NC1C=CC(NCCNC(=O)CCC(=O)O)=C(S(=O)OCCOS(=O)(=O)O)C1O4. The van der Waals surface area contributed by atoms with Crippen LogP contribution in [0, 0.1) is 0 Å². The maximum atomic E-state index is 14.0. The minimum Gasteiger partial charge on any atom is -0.481 e. The van der Waals surface area contributed by atoms with Crippen LogP contribution in [0.3, 0.4) is 0 Å². The molecule has 5 rings (SSSR count). The van der Waals surface area contributed by atoms with E-state index in [0.717, 1.165) is 0 Å². The van der Waals surface area contributed by atoms with Crippen LogP contribution < -0.4 is 31.4 Å². The highest BCUT2D eigenvalue weighted by Crippen LogP contribution is 2.50. The third kappa shape index (κ3) is 13.5. The molecule has 0 fully saturated rings. The van der Waals surface area contributed by atoms with Gasteiger partial charge in [-0.3, -0.25) is 32.3 Å². The molecule has 2 amide bonds. The molecule has 0 aromatic heterocycles. The molecule has 2 aliphatic carbocycles. The first kappa shape index (κ1) is 50.8. The van der Waals surface area contributed by atoms with E-state index in [1.807, 2.05) is 6.92 Å². The van der Waals surface area contributed by atoms with Gasteiger partial charge in [-0.05, 0) is 24.6 Å². The molecule has 2 aliphatic heterocycles. The van der Waals surface area contributed by atoms with E-state index >= 15 is 0 Å². The second kappa shape index (κ2) is 23.3. The highest BCUT2D eigenvalue weighted by atomic mass is 35.5. The fourth-order valence-electron chi connectivity index (χ4n) is 6.04. The summed E-state index contributed by atoms with van der Waals surface area (Å²) >= 11 is 11.7. The van der Waals surface area contributed by atoms with Crippen molar-refractivity contribution >= 4 is 101 Å². The molecule has 1 aromatic rings. The van der Waals surface area contributed by atoms with Crippen LogP contribution >= 0.6 is 35.5 Å². The molecule has 3 atom stereocenters. The number of hydrogen-bond acceptors (Lipinski definition) is 21. The predicted octanol–water partition coefficient (Wildman–Crippen LogP) is 2.22. The van der Waals surface area contributed by atoms with Gasteiger partial charge in [-0.25, -0.2) is 27.1 Å². The van der Waals surface area contributed by atoms with Crippen LogP contribution in [0.5, 0.6) is 5.75 Å². The van der Waals surface area contributed by atoms with Crippen LogP contribution in [0.15, 0.2) is 49.2 Å². The van der Waals surface area contributed by atoms with Crippen molar-refractivity contribution in [1.29, 1.82) is 0 Å². The minimum absolute atomic E-state index is 0.0110. The number of rotatable bonds is 25. The quantitative estimate of drug-likeness (QED) is 0.0160. The molecule has 0 saturated carbocycles. The number of anilines is 1. The Bertz CT molecular complexity index is 2580. The van der Waals surface area contributed by atoms with Crippen LogP contribution in [0.25, 0.3) is 22.6 Å². The number of ether oxygens (including phenoxy) is 1. The fraction of sp³-hybridized carbons (Fsp3) is 0.441. The standard InChI is InChI=1S/C34H40Cl2N6O18S4/c1-2-3-22(43)39-13-11-38-21-7-5-19-30(34(21)63(49,50)17-16-54-61-60-59-47)58-32-26(36)27-31(25(35)28(32)42-19)57-29-18(41-27)4-6-20(37-10-12-40-23(44)8-9-24(45)46)33(29)62(48)55-14-15-56-64(51,52)53/h4-7,18,29,37,41,47H,2-3,8-17H2,1H3,(H,39,43)(H,40,44)(H,45,46)(H,51,52,53). The van der Waals surface area contributed by atoms with Crippen LogP contribution in [-0.2, 0) is 67.6 Å². The van der Waals surface area contributed by atoms with Crippen molar-refractivity contribution in [2.75, 3.05) is 57.1 Å². The molecule has 7 N–H and O–H groups in total. The Hall–Kier alpha value is -4.17. The number of aromatic nitrogens is 1. The zero-order chi connectivity index (χ0) is 46.6. The summed E-state index contributed by atoms with van der Waals surface area (Å²) in [6.07, 6.45) is 2.24. The van der Waals surface area contributed by atoms with Crippen molar-refractivity contribution in [2.45, 2.75) is 49.6 Å². The highest BCUT2D eigenvalue weighted by molar-refractivity contribution is 7.91. The number of nitrogens with one attached hydrogen (secondary N) is 4. The maximum absolute atomic E-state index is 14.0. The number of amides is 2. The van der Waals surface area contributed by atoms with E-state index in [9.17, 15) is 35.4 Å². The Morgan fingerprint density at radius 3 is 2.50 bits per heavy atom. The molecule has 4 aliphatic rings. The molecular weight excluding hydrogens is 980 g/mol. The first-order valence-corrected chi connectivity index (χ1v) is 24.3. The lowest BCUT2D eigenvalue weighted by molar-refractivity contribution is -0.434. The number of halogens is 2. The van der Waals surface area contributed by atoms with E-state index in [2.05, 4.69) is 44.8 Å². The van der Waals surface area contributed by atoms with Gasteiger partial charge in [-0.15, -0.1) is 4.33 Å². The summed E-state index contributed by atoms with van der Waals surface area (Å²) in [7, 11) is -9.16. The molecule has 2 heterocycles. The number of benzene rings is 2. The first-order valence-electron chi connectivity index (χ1n) is 18.7. The van der Waals surface area contributed by atoms with E-state index in [1.54, 1.807) is 6.08 Å². The molecule has 1 aromatic carbocycles. The van der Waals surface area contributed by atoms with Crippen LogP contribution in [0.1, 0.15) is 32.6 Å². The number of aliphatic carboxylic acids is 1. The normalized spacial score (nSPS) is 16.8. The van der Waals surface area contributed by atoms with Gasteiger partial charge < -0.3 is 35.5 Å². The average molecular weight is 1020 g/mol. The molecule has 0 spiro atoms. The summed E-state index contributed by atoms with van der Waals surface area (Å²) < 4.78 is 104. The van der Waals surface area contributed by atoms with Crippen molar-refractivity contribution in [1.82, 2.24) is 20.9 Å². The van der Waals surface area contributed by atoms with Gasteiger partial charge in [0, 0.05) is 32.5 Å². The van der Waals surface area contributed by atoms with Gasteiger partial charge in [0.15, 0.2) is 56.4 Å². The summed E-state index contributed by atoms with van der Waals surface area (Å²) in [5.41, 5.74) is -0.0225. The van der Waals surface area contributed by atoms with Crippen molar-refractivity contribution in [3.8, 4) is 17.2 Å². The maximum Gasteiger partial charge on any atom is 0.397 e. The van der Waals surface area contributed by atoms with E-state index in [-0.39, 0.29) is 117 Å². The Balaban J connectivity index is 1.53. The molecule has 0 saturated heterocycles. The van der Waals surface area contributed by atoms with Crippen molar-refractivity contribution in [3.63, 3.8) is 0 Å². The van der Waals surface area contributed by atoms with Gasteiger partial charge in [0.1, 0.15) is 36.7 Å². The number of sulfone groups is 1. The van der Waals surface area contributed by atoms with Crippen molar-refractivity contribution < 1.29 is 81.4 Å². The number of carboxylic acid groups (broad SMARTS) is 1. The topological polar surface area (TPSA) is 339 Å². The second-order valence-corrected chi connectivity index (χ2v) is 18.7. The fourth-order valence-corrected chi connectivity index (χ4v) is 9.61. The zero-order valence-electron chi connectivity index (χ0n) is 33.2. The van der Waals surface area contributed by atoms with Gasteiger partial charge in [-0.2, -0.15) is 8.42 Å². The van der Waals surface area contributed by atoms with Gasteiger partial charge in [0.05, 0.1) is 55.6 Å². The highest BCUT2D eigenvalue weighted by Gasteiger charge is 2.41. The Kier molecular flexibility index (Phi) is 18.5. The molecule has 30 heteroatoms. The molecule has 352 valence electrons. The Morgan fingerprint density at radius 1 is 1.03 bits per heavy atom. The lowest BCUT2D eigenvalue weighted by Gasteiger charge is -2.38. The lowest BCUT2D eigenvalue weighted by atomic mass is 10.00. The Morgan fingerprint density at radius 2 is 1.78 bits per heavy atom. The van der Waals surface area contributed by atoms with Crippen LogP contribution in [0.2, 0.25) is 10.0 Å². The molecule has 24 nitrogen and oxygen atoms in total. The average Bonchev–Trinajstić information content (AvgIpc) is 3.24. The summed E-state index contributed by atoms with van der Waals surface area (Å²) in [5, 5.41) is 31.7. The van der Waals surface area contributed by atoms with Crippen molar-refractivity contribution in [3.05, 3.63) is 50.3 Å². The van der Waals surface area contributed by atoms with Crippen LogP contribution in [-0.4, -0.2) is 123 Å². The van der Waals surface area contributed by atoms with Gasteiger partial charge in [0.2, 0.25) is 11.8 Å². The Labute approximate surface area is 381 Å². The number of nitrogens with zero attached hydrogens (tertiary/aromatic N) is 2. The smallest absolute Gasteiger partial charge is 0.397 e. The van der Waals surface area contributed by atoms with E-state index < -0.39 is 85.8 Å². The van der Waals surface area contributed by atoms with Crippen molar-refractivity contribution in [2.24, 2.45) is 4.99 Å². The summed E-state index contributed by atoms with van der Waals surface area (Å²) in [5.74, 6) is -2.87. The number of carboxylic acids is 1. The molecule has 64 heavy (non-hydrogen) atoms. The molecule has 0 radical (unpaired) electrons. The largest absolute Gasteiger partial charge is 0.481 e. The number of allylic oxidation sites excluding steroid dienone is 1. The van der Waals surface area contributed by atoms with Gasteiger partial charge in [-0.1, -0.05) is 41.2 Å².